The van der Waals surface area contributed by atoms with Crippen LogP contribution in [0.4, 0.5) is 0 Å². The van der Waals surface area contributed by atoms with Crippen LogP contribution in [0.25, 0.3) is 11.1 Å². The van der Waals surface area contributed by atoms with Crippen LogP contribution in [0, 0.1) is 0 Å². The monoisotopic (exact) mass is 275 g/mol. The molecule has 0 unspecified atom stereocenters. The second-order valence-electron chi connectivity index (χ2n) is 4.36. The molecule has 1 heterocycles. The molecular formula is C15H17NO2S. The first kappa shape index (κ1) is 13.8. The quantitative estimate of drug-likeness (QED) is 0.910. The summed E-state index contributed by atoms with van der Waals surface area (Å²) in [5.74, 6) is -0.0431. The standard InChI is InChI=1S/C15H17NO2S/c1-11(10-18-2)16-15(17)14-13(8-9-19-14)12-6-4-3-5-7-12/h3-9,11H,10H2,1-2H3,(H,16,17)/t11-/m0/s1. The predicted molar refractivity (Wildman–Crippen MR) is 78.6 cm³/mol. The van der Waals surface area contributed by atoms with Gasteiger partial charge in [0.25, 0.3) is 5.91 Å². The summed E-state index contributed by atoms with van der Waals surface area (Å²) in [5.41, 5.74) is 2.04. The molecule has 0 saturated carbocycles. The number of hydrogen-bond donors (Lipinski definition) is 1. The van der Waals surface area contributed by atoms with Gasteiger partial charge in [0.15, 0.2) is 0 Å². The van der Waals surface area contributed by atoms with E-state index in [0.717, 1.165) is 16.0 Å². The fourth-order valence-electron chi connectivity index (χ4n) is 1.91. The molecule has 100 valence electrons. The zero-order valence-corrected chi connectivity index (χ0v) is 11.9. The number of benzene rings is 1. The Morgan fingerprint density at radius 2 is 2.05 bits per heavy atom. The summed E-state index contributed by atoms with van der Waals surface area (Å²) in [7, 11) is 1.63. The average Bonchev–Trinajstić information content (AvgIpc) is 2.89. The first-order valence-electron chi connectivity index (χ1n) is 6.15. The van der Waals surface area contributed by atoms with Gasteiger partial charge in [0.1, 0.15) is 0 Å². The Hall–Kier alpha value is -1.65. The van der Waals surface area contributed by atoms with Crippen LogP contribution in [0.5, 0.6) is 0 Å². The molecule has 0 aliphatic carbocycles. The Morgan fingerprint density at radius 1 is 1.32 bits per heavy atom. The molecule has 19 heavy (non-hydrogen) atoms. The maximum atomic E-state index is 12.2. The zero-order chi connectivity index (χ0) is 13.7. The van der Waals surface area contributed by atoms with E-state index in [-0.39, 0.29) is 11.9 Å². The van der Waals surface area contributed by atoms with Gasteiger partial charge in [-0.3, -0.25) is 4.79 Å². The van der Waals surface area contributed by atoms with E-state index in [1.165, 1.54) is 11.3 Å². The van der Waals surface area contributed by atoms with Gasteiger partial charge < -0.3 is 10.1 Å². The molecular weight excluding hydrogens is 258 g/mol. The lowest BCUT2D eigenvalue weighted by molar-refractivity contribution is 0.0910. The summed E-state index contributed by atoms with van der Waals surface area (Å²) >= 11 is 1.46. The van der Waals surface area contributed by atoms with Crippen LogP contribution in [0.3, 0.4) is 0 Å². The minimum atomic E-state index is -0.0431. The SMILES string of the molecule is COC[C@H](C)NC(=O)c1sccc1-c1ccccc1. The van der Waals surface area contributed by atoms with E-state index in [9.17, 15) is 4.79 Å². The molecule has 1 aromatic heterocycles. The number of hydrogen-bond acceptors (Lipinski definition) is 3. The molecule has 1 aromatic carbocycles. The number of methoxy groups -OCH3 is 1. The van der Waals surface area contributed by atoms with E-state index in [1.54, 1.807) is 7.11 Å². The van der Waals surface area contributed by atoms with E-state index in [0.29, 0.717) is 6.61 Å². The minimum absolute atomic E-state index is 0.00298. The summed E-state index contributed by atoms with van der Waals surface area (Å²) in [6.45, 7) is 2.44. The van der Waals surface area contributed by atoms with Crippen LogP contribution in [0.15, 0.2) is 41.8 Å². The lowest BCUT2D eigenvalue weighted by Gasteiger charge is -2.12. The van der Waals surface area contributed by atoms with E-state index >= 15 is 0 Å². The third kappa shape index (κ3) is 3.43. The molecule has 0 radical (unpaired) electrons. The minimum Gasteiger partial charge on any atom is -0.383 e. The number of ether oxygens (including phenoxy) is 1. The van der Waals surface area contributed by atoms with Crippen molar-refractivity contribution in [3.05, 3.63) is 46.7 Å². The van der Waals surface area contributed by atoms with Crippen LogP contribution in [-0.2, 0) is 4.74 Å². The fraction of sp³-hybridized carbons (Fsp3) is 0.267. The Labute approximate surface area is 117 Å². The smallest absolute Gasteiger partial charge is 0.262 e. The summed E-state index contributed by atoms with van der Waals surface area (Å²) in [6, 6.07) is 11.9. The highest BCUT2D eigenvalue weighted by Gasteiger charge is 2.16. The van der Waals surface area contributed by atoms with Crippen LogP contribution in [0.1, 0.15) is 16.6 Å². The third-order valence-corrected chi connectivity index (χ3v) is 3.66. The number of nitrogens with one attached hydrogen (secondary N) is 1. The van der Waals surface area contributed by atoms with E-state index in [4.69, 9.17) is 4.74 Å². The molecule has 1 atom stereocenters. The van der Waals surface area contributed by atoms with Crippen molar-refractivity contribution >= 4 is 17.2 Å². The van der Waals surface area contributed by atoms with Crippen molar-refractivity contribution in [2.24, 2.45) is 0 Å². The van der Waals surface area contributed by atoms with Gasteiger partial charge in [0.05, 0.1) is 11.5 Å². The van der Waals surface area contributed by atoms with E-state index in [1.807, 2.05) is 48.7 Å². The van der Waals surface area contributed by atoms with Gasteiger partial charge in [-0.05, 0) is 23.9 Å². The van der Waals surface area contributed by atoms with Crippen LogP contribution < -0.4 is 5.32 Å². The molecule has 3 nitrogen and oxygen atoms in total. The van der Waals surface area contributed by atoms with Gasteiger partial charge in [-0.25, -0.2) is 0 Å². The number of carbonyl (C=O) groups excluding carboxylic acids is 1. The maximum absolute atomic E-state index is 12.2. The predicted octanol–water partition coefficient (Wildman–Crippen LogP) is 3.18. The van der Waals surface area contributed by atoms with Crippen molar-refractivity contribution in [1.82, 2.24) is 5.32 Å². The topological polar surface area (TPSA) is 38.3 Å². The Kier molecular flexibility index (Phi) is 4.71. The third-order valence-electron chi connectivity index (χ3n) is 2.75. The second-order valence-corrected chi connectivity index (χ2v) is 5.28. The van der Waals surface area contributed by atoms with Crippen LogP contribution >= 0.6 is 11.3 Å². The molecule has 1 amide bonds. The van der Waals surface area contributed by atoms with Gasteiger partial charge in [-0.2, -0.15) is 0 Å². The summed E-state index contributed by atoms with van der Waals surface area (Å²) in [5, 5.41) is 4.88. The zero-order valence-electron chi connectivity index (χ0n) is 11.1. The summed E-state index contributed by atoms with van der Waals surface area (Å²) < 4.78 is 5.03. The summed E-state index contributed by atoms with van der Waals surface area (Å²) in [6.07, 6.45) is 0. The van der Waals surface area contributed by atoms with Gasteiger partial charge in [0.2, 0.25) is 0 Å². The van der Waals surface area contributed by atoms with Crippen molar-refractivity contribution in [3.63, 3.8) is 0 Å². The number of rotatable bonds is 5. The highest BCUT2D eigenvalue weighted by Crippen LogP contribution is 2.28. The first-order chi connectivity index (χ1) is 9.22. The van der Waals surface area contributed by atoms with Crippen molar-refractivity contribution in [3.8, 4) is 11.1 Å². The van der Waals surface area contributed by atoms with E-state index < -0.39 is 0 Å². The normalized spacial score (nSPS) is 12.1. The molecule has 2 aromatic rings. The van der Waals surface area contributed by atoms with Gasteiger partial charge in [-0.1, -0.05) is 30.3 Å². The molecule has 1 N–H and O–H groups in total. The number of thiophene rings is 1. The Bertz CT molecular complexity index is 536. The summed E-state index contributed by atoms with van der Waals surface area (Å²) in [4.78, 5) is 13.0. The van der Waals surface area contributed by atoms with Crippen LogP contribution in [0.2, 0.25) is 0 Å². The second kappa shape index (κ2) is 6.50. The number of carbonyl (C=O) groups is 1. The van der Waals surface area contributed by atoms with Gasteiger partial charge in [0, 0.05) is 18.7 Å². The molecule has 2 rings (SSSR count). The largest absolute Gasteiger partial charge is 0.383 e. The highest BCUT2D eigenvalue weighted by atomic mass is 32.1. The molecule has 0 bridgehead atoms. The van der Waals surface area contributed by atoms with Crippen molar-refractivity contribution in [2.75, 3.05) is 13.7 Å². The Balaban J connectivity index is 2.18. The molecule has 0 aliphatic rings. The maximum Gasteiger partial charge on any atom is 0.262 e. The van der Waals surface area contributed by atoms with Crippen molar-refractivity contribution < 1.29 is 9.53 Å². The molecule has 0 aliphatic heterocycles. The van der Waals surface area contributed by atoms with Gasteiger partial charge in [-0.15, -0.1) is 11.3 Å². The van der Waals surface area contributed by atoms with Crippen molar-refractivity contribution in [1.29, 1.82) is 0 Å². The fourth-order valence-corrected chi connectivity index (χ4v) is 2.73. The lowest BCUT2D eigenvalue weighted by Crippen LogP contribution is -2.35. The average molecular weight is 275 g/mol. The Morgan fingerprint density at radius 3 is 2.74 bits per heavy atom. The first-order valence-corrected chi connectivity index (χ1v) is 7.03. The van der Waals surface area contributed by atoms with Gasteiger partial charge >= 0.3 is 0 Å². The highest BCUT2D eigenvalue weighted by molar-refractivity contribution is 7.12. The lowest BCUT2D eigenvalue weighted by atomic mass is 10.1. The van der Waals surface area contributed by atoms with Crippen LogP contribution in [-0.4, -0.2) is 25.7 Å². The number of amides is 1. The molecule has 0 spiro atoms. The van der Waals surface area contributed by atoms with E-state index in [2.05, 4.69) is 5.32 Å². The van der Waals surface area contributed by atoms with Crippen molar-refractivity contribution in [2.45, 2.75) is 13.0 Å². The molecule has 4 heteroatoms. The molecule has 0 saturated heterocycles. The molecule has 0 fully saturated rings.